The highest BCUT2D eigenvalue weighted by molar-refractivity contribution is 5.76. The summed E-state index contributed by atoms with van der Waals surface area (Å²) in [6.07, 6.45) is 1.79. The maximum Gasteiger partial charge on any atom is 0.311 e. The molecule has 3 nitrogen and oxygen atoms in total. The molecule has 23 heavy (non-hydrogen) atoms. The van der Waals surface area contributed by atoms with Crippen molar-refractivity contribution in [3.05, 3.63) is 65.5 Å². The monoisotopic (exact) mass is 316 g/mol. The number of rotatable bonds is 8. The summed E-state index contributed by atoms with van der Waals surface area (Å²) in [7, 11) is 0. The van der Waals surface area contributed by atoms with Crippen LogP contribution < -0.4 is 4.74 Å². The first-order valence-electron chi connectivity index (χ1n) is 7.74. The lowest BCUT2D eigenvalue weighted by Crippen LogP contribution is -2.13. The zero-order valence-corrected chi connectivity index (χ0v) is 13.2. The van der Waals surface area contributed by atoms with Gasteiger partial charge in [0.25, 0.3) is 0 Å². The van der Waals surface area contributed by atoms with Crippen LogP contribution in [0.2, 0.25) is 0 Å². The molecule has 1 atom stereocenters. The van der Waals surface area contributed by atoms with Gasteiger partial charge in [-0.15, -0.1) is 0 Å². The second-order valence-corrected chi connectivity index (χ2v) is 5.57. The zero-order valence-electron chi connectivity index (χ0n) is 13.2. The van der Waals surface area contributed by atoms with E-state index < -0.39 is 17.7 Å². The Morgan fingerprint density at radius 3 is 2.48 bits per heavy atom. The number of ether oxygens (including phenoxy) is 1. The fourth-order valence-corrected chi connectivity index (χ4v) is 2.44. The van der Waals surface area contributed by atoms with Gasteiger partial charge in [0.1, 0.15) is 11.6 Å². The first-order valence-corrected chi connectivity index (χ1v) is 7.74. The number of halogens is 1. The lowest BCUT2D eigenvalue weighted by Gasteiger charge is -2.13. The molecule has 0 heterocycles. The largest absolute Gasteiger partial charge is 0.494 e. The summed E-state index contributed by atoms with van der Waals surface area (Å²) in [5.41, 5.74) is 1.42. The molecule has 0 fully saturated rings. The molecule has 2 aromatic rings. The molecule has 2 rings (SSSR count). The molecule has 4 heteroatoms. The molecular formula is C19H21FO3. The van der Waals surface area contributed by atoms with Gasteiger partial charge in [-0.2, -0.15) is 0 Å². The summed E-state index contributed by atoms with van der Waals surface area (Å²) in [5, 5.41) is 9.31. The lowest BCUT2D eigenvalue weighted by atomic mass is 9.93. The molecule has 122 valence electrons. The molecule has 0 spiro atoms. The van der Waals surface area contributed by atoms with E-state index in [9.17, 15) is 14.3 Å². The van der Waals surface area contributed by atoms with Crippen molar-refractivity contribution in [1.29, 1.82) is 0 Å². The predicted molar refractivity (Wildman–Crippen MR) is 87.3 cm³/mol. The van der Waals surface area contributed by atoms with Crippen LogP contribution in [0.25, 0.3) is 0 Å². The molecule has 0 aliphatic heterocycles. The van der Waals surface area contributed by atoms with Gasteiger partial charge < -0.3 is 9.84 Å². The highest BCUT2D eigenvalue weighted by atomic mass is 19.1. The summed E-state index contributed by atoms with van der Waals surface area (Å²) < 4.78 is 19.4. The number of unbranched alkanes of at least 4 members (excludes halogenated alkanes) is 1. The van der Waals surface area contributed by atoms with Crippen LogP contribution in [0, 0.1) is 12.7 Å². The molecule has 2 aromatic carbocycles. The van der Waals surface area contributed by atoms with Gasteiger partial charge >= 0.3 is 5.97 Å². The third kappa shape index (κ3) is 5.09. The molecule has 0 saturated carbocycles. The summed E-state index contributed by atoms with van der Waals surface area (Å²) in [6.45, 7) is 2.53. The number of carbonyl (C=O) groups is 1. The van der Waals surface area contributed by atoms with E-state index in [1.54, 1.807) is 12.1 Å². The van der Waals surface area contributed by atoms with Crippen molar-refractivity contribution in [2.24, 2.45) is 0 Å². The standard InChI is InChI=1S/C19H21FO3/c1-14-9-11-15(12-10-14)23-13-5-4-7-17(19(21)22)16-6-2-3-8-18(16)20/h2-3,6,8-12,17H,4-5,7,13H2,1H3,(H,21,22). The van der Waals surface area contributed by atoms with Crippen molar-refractivity contribution in [3.63, 3.8) is 0 Å². The Kier molecular flexibility index (Phi) is 6.15. The minimum absolute atomic E-state index is 0.249. The van der Waals surface area contributed by atoms with Gasteiger partial charge in [0.15, 0.2) is 0 Å². The molecule has 0 aliphatic rings. The first-order chi connectivity index (χ1) is 11.1. The van der Waals surface area contributed by atoms with Crippen molar-refractivity contribution in [1.82, 2.24) is 0 Å². The Bertz CT molecular complexity index is 637. The van der Waals surface area contributed by atoms with Gasteiger partial charge in [-0.1, -0.05) is 35.9 Å². The first kappa shape index (κ1) is 17.0. The summed E-state index contributed by atoms with van der Waals surface area (Å²) in [6, 6.07) is 13.8. The van der Waals surface area contributed by atoms with Crippen LogP contribution in [0.4, 0.5) is 4.39 Å². The van der Waals surface area contributed by atoms with Crippen LogP contribution >= 0.6 is 0 Å². The van der Waals surface area contributed by atoms with Gasteiger partial charge in [0.2, 0.25) is 0 Å². The van der Waals surface area contributed by atoms with E-state index in [1.807, 2.05) is 31.2 Å². The number of benzene rings is 2. The van der Waals surface area contributed by atoms with Gasteiger partial charge in [-0.05, 0) is 44.4 Å². The minimum atomic E-state index is -0.991. The average Bonchev–Trinajstić information content (AvgIpc) is 2.53. The number of carboxylic acids is 1. The zero-order chi connectivity index (χ0) is 16.7. The Balaban J connectivity index is 1.80. The van der Waals surface area contributed by atoms with E-state index in [4.69, 9.17) is 4.74 Å². The SMILES string of the molecule is Cc1ccc(OCCCCC(C(=O)O)c2ccccc2F)cc1. The Hall–Kier alpha value is -2.36. The van der Waals surface area contributed by atoms with Crippen molar-refractivity contribution in [3.8, 4) is 5.75 Å². The number of aryl methyl sites for hydroxylation is 1. The molecule has 0 aliphatic carbocycles. The third-order valence-electron chi connectivity index (χ3n) is 3.76. The maximum atomic E-state index is 13.7. The van der Waals surface area contributed by atoms with Crippen LogP contribution in [-0.2, 0) is 4.79 Å². The van der Waals surface area contributed by atoms with Crippen LogP contribution in [0.1, 0.15) is 36.3 Å². The van der Waals surface area contributed by atoms with Crippen molar-refractivity contribution in [2.75, 3.05) is 6.61 Å². The summed E-state index contributed by atoms with van der Waals surface area (Å²) in [5.74, 6) is -1.46. The van der Waals surface area contributed by atoms with E-state index in [1.165, 1.54) is 17.7 Å². The number of hydrogen-bond donors (Lipinski definition) is 1. The minimum Gasteiger partial charge on any atom is -0.494 e. The van der Waals surface area contributed by atoms with Gasteiger partial charge in [-0.3, -0.25) is 4.79 Å². The van der Waals surface area contributed by atoms with E-state index in [-0.39, 0.29) is 5.56 Å². The highest BCUT2D eigenvalue weighted by Crippen LogP contribution is 2.25. The van der Waals surface area contributed by atoms with Gasteiger partial charge in [-0.25, -0.2) is 4.39 Å². The van der Waals surface area contributed by atoms with Gasteiger partial charge in [0, 0.05) is 5.56 Å². The predicted octanol–water partition coefficient (Wildman–Crippen LogP) is 4.55. The average molecular weight is 316 g/mol. The molecular weight excluding hydrogens is 295 g/mol. The molecule has 0 bridgehead atoms. The third-order valence-corrected chi connectivity index (χ3v) is 3.76. The summed E-state index contributed by atoms with van der Waals surface area (Å²) in [4.78, 5) is 11.4. The van der Waals surface area contributed by atoms with E-state index in [0.717, 1.165) is 12.2 Å². The number of aliphatic carboxylic acids is 1. The molecule has 0 amide bonds. The molecule has 0 radical (unpaired) electrons. The Morgan fingerprint density at radius 1 is 1.13 bits per heavy atom. The normalized spacial score (nSPS) is 11.9. The van der Waals surface area contributed by atoms with E-state index in [0.29, 0.717) is 19.4 Å². The maximum absolute atomic E-state index is 13.7. The van der Waals surface area contributed by atoms with Crippen molar-refractivity contribution in [2.45, 2.75) is 32.1 Å². The fraction of sp³-hybridized carbons (Fsp3) is 0.316. The summed E-state index contributed by atoms with van der Waals surface area (Å²) >= 11 is 0. The Labute approximate surface area is 135 Å². The van der Waals surface area contributed by atoms with E-state index >= 15 is 0 Å². The highest BCUT2D eigenvalue weighted by Gasteiger charge is 2.22. The Morgan fingerprint density at radius 2 is 1.83 bits per heavy atom. The second kappa shape index (κ2) is 8.32. The molecule has 0 aromatic heterocycles. The van der Waals surface area contributed by atoms with Crippen molar-refractivity contribution >= 4 is 5.97 Å². The number of hydrogen-bond acceptors (Lipinski definition) is 2. The quantitative estimate of drug-likeness (QED) is 0.727. The van der Waals surface area contributed by atoms with Crippen LogP contribution in [0.15, 0.2) is 48.5 Å². The smallest absolute Gasteiger partial charge is 0.311 e. The second-order valence-electron chi connectivity index (χ2n) is 5.57. The van der Waals surface area contributed by atoms with Crippen LogP contribution in [0.5, 0.6) is 5.75 Å². The lowest BCUT2D eigenvalue weighted by molar-refractivity contribution is -0.139. The molecule has 1 N–H and O–H groups in total. The molecule has 1 unspecified atom stereocenters. The molecule has 0 saturated heterocycles. The van der Waals surface area contributed by atoms with Gasteiger partial charge in [0.05, 0.1) is 12.5 Å². The topological polar surface area (TPSA) is 46.5 Å². The fourth-order valence-electron chi connectivity index (χ4n) is 2.44. The van der Waals surface area contributed by atoms with Crippen LogP contribution in [0.3, 0.4) is 0 Å². The van der Waals surface area contributed by atoms with Crippen molar-refractivity contribution < 1.29 is 19.0 Å². The van der Waals surface area contributed by atoms with E-state index in [2.05, 4.69) is 0 Å². The van der Waals surface area contributed by atoms with Crippen LogP contribution in [-0.4, -0.2) is 17.7 Å². The number of carboxylic acid groups (broad SMARTS) is 1.